The van der Waals surface area contributed by atoms with Gasteiger partial charge in [0.2, 0.25) is 5.91 Å². The number of nitrogens with two attached hydrogens (primary N) is 1. The molecule has 2 rings (SSSR count). The van der Waals surface area contributed by atoms with Crippen molar-refractivity contribution in [3.05, 3.63) is 28.7 Å². The second-order valence-electron chi connectivity index (χ2n) is 4.80. The molecule has 5 heteroatoms. The minimum Gasteiger partial charge on any atom is -0.398 e. The first-order valence-corrected chi connectivity index (χ1v) is 6.34. The first-order chi connectivity index (χ1) is 8.60. The summed E-state index contributed by atoms with van der Waals surface area (Å²) in [6.07, 6.45) is 3.94. The standard InChI is InChI=1S/C13H19N3O2/c1-2-15(7-10-3-4-10)13(18)9-16-8-11(14)5-6-12(16)17/h5-6,8,10H,2-4,7,9,14H2,1H3. The minimum atomic E-state index is -0.194. The molecule has 2 N–H and O–H groups in total. The van der Waals surface area contributed by atoms with Gasteiger partial charge in [-0.2, -0.15) is 0 Å². The lowest BCUT2D eigenvalue weighted by molar-refractivity contribution is -0.131. The zero-order valence-corrected chi connectivity index (χ0v) is 10.6. The molecule has 18 heavy (non-hydrogen) atoms. The first-order valence-electron chi connectivity index (χ1n) is 6.34. The van der Waals surface area contributed by atoms with E-state index in [-0.39, 0.29) is 18.0 Å². The maximum atomic E-state index is 12.1. The number of nitrogen functional groups attached to an aromatic ring is 1. The van der Waals surface area contributed by atoms with Crippen LogP contribution >= 0.6 is 0 Å². The molecule has 0 aliphatic heterocycles. The van der Waals surface area contributed by atoms with E-state index in [1.807, 2.05) is 11.8 Å². The van der Waals surface area contributed by atoms with Crippen LogP contribution in [0.5, 0.6) is 0 Å². The molecule has 1 heterocycles. The summed E-state index contributed by atoms with van der Waals surface area (Å²) in [4.78, 5) is 25.5. The van der Waals surface area contributed by atoms with Crippen LogP contribution in [0.1, 0.15) is 19.8 Å². The van der Waals surface area contributed by atoms with Crippen LogP contribution in [0.3, 0.4) is 0 Å². The summed E-state index contributed by atoms with van der Waals surface area (Å²) in [6.45, 7) is 3.53. The Bertz CT molecular complexity index is 491. The molecule has 0 spiro atoms. The topological polar surface area (TPSA) is 68.3 Å². The van der Waals surface area contributed by atoms with E-state index in [0.29, 0.717) is 18.2 Å². The van der Waals surface area contributed by atoms with Crippen molar-refractivity contribution >= 4 is 11.6 Å². The zero-order chi connectivity index (χ0) is 13.1. The Hall–Kier alpha value is -1.78. The number of carbonyl (C=O) groups excluding carboxylic acids is 1. The normalized spacial score (nSPS) is 14.5. The van der Waals surface area contributed by atoms with Crippen molar-refractivity contribution < 1.29 is 4.79 Å². The van der Waals surface area contributed by atoms with Crippen LogP contribution in [0.4, 0.5) is 5.69 Å². The van der Waals surface area contributed by atoms with Crippen molar-refractivity contribution in [2.24, 2.45) is 5.92 Å². The molecule has 1 aromatic heterocycles. The maximum absolute atomic E-state index is 12.1. The summed E-state index contributed by atoms with van der Waals surface area (Å²) in [6, 6.07) is 2.94. The van der Waals surface area contributed by atoms with E-state index in [1.54, 1.807) is 6.07 Å². The summed E-state index contributed by atoms with van der Waals surface area (Å²) in [7, 11) is 0. The van der Waals surface area contributed by atoms with Gasteiger partial charge in [0.1, 0.15) is 6.54 Å². The van der Waals surface area contributed by atoms with Gasteiger partial charge in [0.15, 0.2) is 0 Å². The van der Waals surface area contributed by atoms with Gasteiger partial charge in [0, 0.05) is 31.0 Å². The van der Waals surface area contributed by atoms with E-state index < -0.39 is 0 Å². The van der Waals surface area contributed by atoms with E-state index in [1.165, 1.54) is 29.7 Å². The van der Waals surface area contributed by atoms with E-state index in [9.17, 15) is 9.59 Å². The minimum absolute atomic E-state index is 0.0166. The van der Waals surface area contributed by atoms with Crippen LogP contribution in [-0.2, 0) is 11.3 Å². The lowest BCUT2D eigenvalue weighted by atomic mass is 10.3. The van der Waals surface area contributed by atoms with Crippen LogP contribution in [-0.4, -0.2) is 28.5 Å². The second-order valence-corrected chi connectivity index (χ2v) is 4.80. The van der Waals surface area contributed by atoms with Gasteiger partial charge in [0.05, 0.1) is 0 Å². The Morgan fingerprint density at radius 1 is 1.50 bits per heavy atom. The largest absolute Gasteiger partial charge is 0.398 e. The molecule has 1 amide bonds. The molecule has 0 aromatic carbocycles. The van der Waals surface area contributed by atoms with E-state index in [4.69, 9.17) is 5.73 Å². The summed E-state index contributed by atoms with van der Waals surface area (Å²) in [5.74, 6) is 0.642. The number of hydrogen-bond donors (Lipinski definition) is 1. The highest BCUT2D eigenvalue weighted by Crippen LogP contribution is 2.29. The van der Waals surface area contributed by atoms with Gasteiger partial charge in [-0.05, 0) is 31.7 Å². The number of amides is 1. The van der Waals surface area contributed by atoms with Gasteiger partial charge in [-0.1, -0.05) is 0 Å². The Kier molecular flexibility index (Phi) is 3.69. The van der Waals surface area contributed by atoms with E-state index >= 15 is 0 Å². The van der Waals surface area contributed by atoms with Crippen molar-refractivity contribution in [1.82, 2.24) is 9.47 Å². The molecule has 5 nitrogen and oxygen atoms in total. The van der Waals surface area contributed by atoms with Gasteiger partial charge in [0.25, 0.3) is 5.56 Å². The number of hydrogen-bond acceptors (Lipinski definition) is 3. The highest BCUT2D eigenvalue weighted by molar-refractivity contribution is 5.76. The number of aromatic nitrogens is 1. The third-order valence-electron chi connectivity index (χ3n) is 3.22. The SMILES string of the molecule is CCN(CC1CC1)C(=O)Cn1cc(N)ccc1=O. The smallest absolute Gasteiger partial charge is 0.251 e. The van der Waals surface area contributed by atoms with Crippen molar-refractivity contribution in [3.63, 3.8) is 0 Å². The number of nitrogens with zero attached hydrogens (tertiary/aromatic N) is 2. The number of anilines is 1. The summed E-state index contributed by atoms with van der Waals surface area (Å²) in [5.41, 5.74) is 5.92. The van der Waals surface area contributed by atoms with Gasteiger partial charge in [-0.25, -0.2) is 0 Å². The van der Waals surface area contributed by atoms with Gasteiger partial charge >= 0.3 is 0 Å². The first kappa shape index (κ1) is 12.7. The molecule has 1 aliphatic rings. The van der Waals surface area contributed by atoms with E-state index in [0.717, 1.165) is 6.54 Å². The average Bonchev–Trinajstić information content (AvgIpc) is 3.14. The maximum Gasteiger partial charge on any atom is 0.251 e. The van der Waals surface area contributed by atoms with Gasteiger partial charge < -0.3 is 15.2 Å². The van der Waals surface area contributed by atoms with E-state index in [2.05, 4.69) is 0 Å². The zero-order valence-electron chi connectivity index (χ0n) is 10.6. The molecule has 0 atom stereocenters. The summed E-state index contributed by atoms with van der Waals surface area (Å²) in [5, 5.41) is 0. The molecule has 1 saturated carbocycles. The second kappa shape index (κ2) is 5.25. The number of rotatable bonds is 5. The molecule has 98 valence electrons. The summed E-state index contributed by atoms with van der Waals surface area (Å²) >= 11 is 0. The fourth-order valence-corrected chi connectivity index (χ4v) is 1.94. The molecule has 0 bridgehead atoms. The van der Waals surface area contributed by atoms with Crippen LogP contribution in [0.2, 0.25) is 0 Å². The number of carbonyl (C=O) groups is 1. The highest BCUT2D eigenvalue weighted by Gasteiger charge is 2.25. The molecular weight excluding hydrogens is 230 g/mol. The summed E-state index contributed by atoms with van der Waals surface area (Å²) < 4.78 is 1.37. The number of likely N-dealkylation sites (N-methyl/N-ethyl adjacent to an activating group) is 1. The Balaban J connectivity index is 2.04. The molecule has 0 unspecified atom stereocenters. The predicted molar refractivity (Wildman–Crippen MR) is 70.1 cm³/mol. The fraction of sp³-hybridized carbons (Fsp3) is 0.538. The van der Waals surface area contributed by atoms with Crippen LogP contribution in [0.25, 0.3) is 0 Å². The van der Waals surface area contributed by atoms with Crippen LogP contribution in [0.15, 0.2) is 23.1 Å². The third-order valence-corrected chi connectivity index (χ3v) is 3.22. The van der Waals surface area contributed by atoms with Gasteiger partial charge in [-0.3, -0.25) is 9.59 Å². The molecule has 1 aliphatic carbocycles. The lowest BCUT2D eigenvalue weighted by Crippen LogP contribution is -2.37. The monoisotopic (exact) mass is 249 g/mol. The molecule has 0 saturated heterocycles. The van der Waals surface area contributed by atoms with Crippen molar-refractivity contribution in [2.75, 3.05) is 18.8 Å². The average molecular weight is 249 g/mol. The molecule has 0 radical (unpaired) electrons. The van der Waals surface area contributed by atoms with Crippen LogP contribution < -0.4 is 11.3 Å². The van der Waals surface area contributed by atoms with Gasteiger partial charge in [-0.15, -0.1) is 0 Å². The number of pyridine rings is 1. The Morgan fingerprint density at radius 2 is 2.22 bits per heavy atom. The highest BCUT2D eigenvalue weighted by atomic mass is 16.2. The Morgan fingerprint density at radius 3 is 2.83 bits per heavy atom. The third kappa shape index (κ3) is 3.12. The van der Waals surface area contributed by atoms with Crippen molar-refractivity contribution in [2.45, 2.75) is 26.3 Å². The molecule has 1 fully saturated rings. The van der Waals surface area contributed by atoms with Crippen LogP contribution in [0, 0.1) is 5.92 Å². The fourth-order valence-electron chi connectivity index (χ4n) is 1.94. The Labute approximate surface area is 106 Å². The van der Waals surface area contributed by atoms with Crippen molar-refractivity contribution in [3.8, 4) is 0 Å². The molecule has 1 aromatic rings. The lowest BCUT2D eigenvalue weighted by Gasteiger charge is -2.21. The predicted octanol–water partition coefficient (Wildman–Crippen LogP) is 0.689. The molecular formula is C13H19N3O2. The quantitative estimate of drug-likeness (QED) is 0.834. The van der Waals surface area contributed by atoms with Crippen molar-refractivity contribution in [1.29, 1.82) is 0 Å².